The van der Waals surface area contributed by atoms with Gasteiger partial charge in [0.1, 0.15) is 16.3 Å². The molecule has 2 aromatic rings. The Morgan fingerprint density at radius 1 is 1.61 bits per heavy atom. The van der Waals surface area contributed by atoms with E-state index in [4.69, 9.17) is 16.3 Å². The third-order valence-electron chi connectivity index (χ3n) is 2.08. The number of hydrogen-bond donors (Lipinski definition) is 0. The van der Waals surface area contributed by atoms with Gasteiger partial charge in [-0.15, -0.1) is 11.3 Å². The van der Waals surface area contributed by atoms with Gasteiger partial charge in [0, 0.05) is 6.08 Å². The van der Waals surface area contributed by atoms with Crippen LogP contribution in [0.3, 0.4) is 0 Å². The van der Waals surface area contributed by atoms with Gasteiger partial charge < -0.3 is 4.74 Å². The number of carbonyl (C=O) groups is 1. The van der Waals surface area contributed by atoms with Crippen molar-refractivity contribution in [3.63, 3.8) is 0 Å². The van der Waals surface area contributed by atoms with Crippen molar-refractivity contribution in [1.82, 2.24) is 4.98 Å². The molecule has 0 saturated carbocycles. The topological polar surface area (TPSA) is 39.2 Å². The zero-order valence-corrected chi connectivity index (χ0v) is 11.0. The molecular weight excluding hydrogens is 277 g/mol. The first-order valence-electron chi connectivity index (χ1n) is 5.20. The lowest BCUT2D eigenvalue weighted by Gasteiger charge is -1.92. The Labute approximate surface area is 112 Å². The van der Waals surface area contributed by atoms with Gasteiger partial charge >= 0.3 is 5.97 Å². The molecule has 0 amide bonds. The van der Waals surface area contributed by atoms with Crippen LogP contribution in [0, 0.1) is 5.82 Å². The summed E-state index contributed by atoms with van der Waals surface area (Å²) in [6.07, 6.45) is 2.81. The number of hydrogen-bond acceptors (Lipinski definition) is 4. The number of esters is 1. The molecule has 1 aromatic carbocycles. The van der Waals surface area contributed by atoms with Gasteiger partial charge in [0.15, 0.2) is 0 Å². The highest BCUT2D eigenvalue weighted by Crippen LogP contribution is 2.29. The van der Waals surface area contributed by atoms with Gasteiger partial charge in [0.05, 0.1) is 16.3 Å². The second-order valence-corrected chi connectivity index (χ2v) is 4.84. The van der Waals surface area contributed by atoms with E-state index in [1.54, 1.807) is 6.92 Å². The lowest BCUT2D eigenvalue weighted by Crippen LogP contribution is -1.98. The summed E-state index contributed by atoms with van der Waals surface area (Å²) in [5.74, 6) is -0.842. The molecule has 0 bridgehead atoms. The molecule has 1 heterocycles. The van der Waals surface area contributed by atoms with Crippen molar-refractivity contribution in [2.75, 3.05) is 6.61 Å². The number of thiazole rings is 1. The molecule has 0 fully saturated rings. The molecule has 6 heteroatoms. The molecule has 2 rings (SSSR count). The van der Waals surface area contributed by atoms with Crippen LogP contribution in [0.5, 0.6) is 0 Å². The van der Waals surface area contributed by atoms with E-state index in [1.165, 1.54) is 35.6 Å². The number of benzene rings is 1. The molecule has 3 nitrogen and oxygen atoms in total. The highest BCUT2D eigenvalue weighted by molar-refractivity contribution is 7.19. The molecule has 0 saturated heterocycles. The van der Waals surface area contributed by atoms with Gasteiger partial charge in [-0.05, 0) is 25.1 Å². The quantitative estimate of drug-likeness (QED) is 0.638. The van der Waals surface area contributed by atoms with Crippen LogP contribution < -0.4 is 0 Å². The lowest BCUT2D eigenvalue weighted by atomic mass is 10.3. The Hall–Kier alpha value is -1.46. The average Bonchev–Trinajstić information content (AvgIpc) is 2.70. The third-order valence-corrected chi connectivity index (χ3v) is 3.33. The molecule has 0 radical (unpaired) electrons. The fourth-order valence-corrected chi connectivity index (χ4v) is 2.60. The molecule has 0 N–H and O–H groups in total. The normalized spacial score (nSPS) is 11.3. The Morgan fingerprint density at radius 3 is 3.11 bits per heavy atom. The van der Waals surface area contributed by atoms with Crippen LogP contribution >= 0.6 is 22.9 Å². The van der Waals surface area contributed by atoms with E-state index in [-0.39, 0.29) is 5.02 Å². The number of rotatable bonds is 3. The van der Waals surface area contributed by atoms with E-state index in [0.717, 1.165) is 0 Å². The Bertz CT molecular complexity index is 624. The van der Waals surface area contributed by atoms with Crippen molar-refractivity contribution in [1.29, 1.82) is 0 Å². The zero-order valence-electron chi connectivity index (χ0n) is 9.44. The summed E-state index contributed by atoms with van der Waals surface area (Å²) in [5, 5.41) is 0.836. The fourth-order valence-electron chi connectivity index (χ4n) is 1.38. The van der Waals surface area contributed by atoms with Crippen molar-refractivity contribution in [3.8, 4) is 0 Å². The molecule has 0 aliphatic heterocycles. The largest absolute Gasteiger partial charge is 0.463 e. The first-order valence-corrected chi connectivity index (χ1v) is 6.40. The minimum absolute atomic E-state index is 0.261. The summed E-state index contributed by atoms with van der Waals surface area (Å²) in [7, 11) is 0. The van der Waals surface area contributed by atoms with Crippen LogP contribution in [-0.4, -0.2) is 17.6 Å². The van der Waals surface area contributed by atoms with Crippen molar-refractivity contribution in [2.24, 2.45) is 0 Å². The van der Waals surface area contributed by atoms with E-state index >= 15 is 0 Å². The standard InChI is InChI=1S/C12H9ClFNO2S/c1-2-17-11(16)4-3-10-15-12-8(13)5-7(14)6-9(12)18-10/h3-6H,2H2,1H3/b4-3+. The lowest BCUT2D eigenvalue weighted by molar-refractivity contribution is -0.137. The fraction of sp³-hybridized carbons (Fsp3) is 0.167. The molecule has 0 spiro atoms. The van der Waals surface area contributed by atoms with Gasteiger partial charge in [0.2, 0.25) is 0 Å². The van der Waals surface area contributed by atoms with Crippen LogP contribution in [-0.2, 0) is 9.53 Å². The number of aromatic nitrogens is 1. The van der Waals surface area contributed by atoms with E-state index in [1.807, 2.05) is 0 Å². The molecule has 0 unspecified atom stereocenters. The molecule has 0 atom stereocenters. The van der Waals surface area contributed by atoms with Crippen LogP contribution in [0.2, 0.25) is 5.02 Å². The first-order chi connectivity index (χ1) is 8.60. The monoisotopic (exact) mass is 285 g/mol. The minimum atomic E-state index is -0.436. The summed E-state index contributed by atoms with van der Waals surface area (Å²) < 4.78 is 18.5. The van der Waals surface area contributed by atoms with Crippen molar-refractivity contribution in [3.05, 3.63) is 34.1 Å². The maximum Gasteiger partial charge on any atom is 0.330 e. The van der Waals surface area contributed by atoms with Crippen molar-refractivity contribution in [2.45, 2.75) is 6.92 Å². The summed E-state index contributed by atoms with van der Waals surface area (Å²) in [5.41, 5.74) is 0.534. The smallest absolute Gasteiger partial charge is 0.330 e. The molecule has 0 aliphatic rings. The number of halogens is 2. The van der Waals surface area contributed by atoms with E-state index in [9.17, 15) is 9.18 Å². The van der Waals surface area contributed by atoms with Crippen LogP contribution in [0.15, 0.2) is 18.2 Å². The minimum Gasteiger partial charge on any atom is -0.463 e. The zero-order chi connectivity index (χ0) is 13.1. The van der Waals surface area contributed by atoms with Gasteiger partial charge in [0.25, 0.3) is 0 Å². The highest BCUT2D eigenvalue weighted by atomic mass is 35.5. The maximum atomic E-state index is 13.1. The maximum absolute atomic E-state index is 13.1. The molecule has 1 aromatic heterocycles. The van der Waals surface area contributed by atoms with E-state index in [2.05, 4.69) is 4.98 Å². The predicted octanol–water partition coefficient (Wildman–Crippen LogP) is 3.67. The SMILES string of the molecule is CCOC(=O)/C=C/c1nc2c(Cl)cc(F)cc2s1. The summed E-state index contributed by atoms with van der Waals surface area (Å²) in [6.45, 7) is 2.05. The van der Waals surface area contributed by atoms with Crippen LogP contribution in [0.1, 0.15) is 11.9 Å². The van der Waals surface area contributed by atoms with Gasteiger partial charge in [-0.25, -0.2) is 14.2 Å². The number of nitrogens with zero attached hydrogens (tertiary/aromatic N) is 1. The molecular formula is C12H9ClFNO2S. The molecule has 0 aliphatic carbocycles. The van der Waals surface area contributed by atoms with Crippen LogP contribution in [0.4, 0.5) is 4.39 Å². The summed E-state index contributed by atoms with van der Waals surface area (Å²) in [6, 6.07) is 2.57. The highest BCUT2D eigenvalue weighted by Gasteiger charge is 2.08. The number of fused-ring (bicyclic) bond motifs is 1. The van der Waals surface area contributed by atoms with Crippen LogP contribution in [0.25, 0.3) is 16.3 Å². The van der Waals surface area contributed by atoms with Gasteiger partial charge in [-0.2, -0.15) is 0 Å². The number of carbonyl (C=O) groups excluding carboxylic acids is 1. The second-order valence-electron chi connectivity index (χ2n) is 3.37. The predicted molar refractivity (Wildman–Crippen MR) is 70.3 cm³/mol. The molecule has 94 valence electrons. The summed E-state index contributed by atoms with van der Waals surface area (Å²) in [4.78, 5) is 15.3. The van der Waals surface area contributed by atoms with Crippen molar-refractivity contribution < 1.29 is 13.9 Å². The first kappa shape index (κ1) is 13.0. The van der Waals surface area contributed by atoms with Gasteiger partial charge in [-0.1, -0.05) is 11.6 Å². The Balaban J connectivity index is 2.31. The second kappa shape index (κ2) is 5.46. The average molecular weight is 286 g/mol. The third kappa shape index (κ3) is 2.86. The Morgan fingerprint density at radius 2 is 2.39 bits per heavy atom. The van der Waals surface area contributed by atoms with Gasteiger partial charge in [-0.3, -0.25) is 0 Å². The molecule has 18 heavy (non-hydrogen) atoms. The van der Waals surface area contributed by atoms with E-state index in [0.29, 0.717) is 21.8 Å². The Kier molecular flexibility index (Phi) is 3.93. The van der Waals surface area contributed by atoms with E-state index < -0.39 is 11.8 Å². The number of ether oxygens (including phenoxy) is 1. The van der Waals surface area contributed by atoms with Crippen molar-refractivity contribution >= 4 is 45.2 Å². The summed E-state index contributed by atoms with van der Waals surface area (Å²) >= 11 is 7.13.